The molecule has 0 radical (unpaired) electrons. The van der Waals surface area contributed by atoms with Gasteiger partial charge in [0.25, 0.3) is 0 Å². The van der Waals surface area contributed by atoms with Crippen molar-refractivity contribution >= 4 is 8.32 Å². The molecule has 0 aromatic rings. The Morgan fingerprint density at radius 1 is 1.11 bits per heavy atom. The molecule has 0 aliphatic carbocycles. The Balaban J connectivity index is 1.79. The SMILES string of the molecule is CC(C)(C)[Si](C)(C)OC[C@H]1C[C@@H]2O[C@@H](CO)C[C@@H]2O1. The summed E-state index contributed by atoms with van der Waals surface area (Å²) in [5.41, 5.74) is 0. The lowest BCUT2D eigenvalue weighted by Crippen LogP contribution is -2.42. The molecule has 0 aromatic heterocycles. The molecule has 2 aliphatic rings. The van der Waals surface area contributed by atoms with Crippen LogP contribution >= 0.6 is 0 Å². The average Bonchev–Trinajstić information content (AvgIpc) is 2.81. The maximum Gasteiger partial charge on any atom is 0.192 e. The van der Waals surface area contributed by atoms with Gasteiger partial charge in [0.15, 0.2) is 8.32 Å². The second kappa shape index (κ2) is 5.45. The van der Waals surface area contributed by atoms with E-state index in [4.69, 9.17) is 19.0 Å². The molecule has 0 amide bonds. The standard InChI is InChI=1S/C14H28O4Si/c1-14(2,3)19(4,5)16-9-11-7-13-12(18-11)6-10(8-15)17-13/h10-13,15H,6-9H2,1-5H3/t10-,11-,12+,13+/m1/s1. The molecule has 5 heteroatoms. The maximum atomic E-state index is 9.09. The lowest BCUT2D eigenvalue weighted by Gasteiger charge is -2.36. The fourth-order valence-electron chi connectivity index (χ4n) is 2.46. The minimum Gasteiger partial charge on any atom is -0.414 e. The molecule has 2 rings (SSSR count). The Morgan fingerprint density at radius 3 is 2.16 bits per heavy atom. The molecule has 0 aromatic carbocycles. The smallest absolute Gasteiger partial charge is 0.192 e. The van der Waals surface area contributed by atoms with E-state index in [-0.39, 0.29) is 36.1 Å². The van der Waals surface area contributed by atoms with Gasteiger partial charge in [0.1, 0.15) is 0 Å². The summed E-state index contributed by atoms with van der Waals surface area (Å²) in [6.07, 6.45) is 2.16. The van der Waals surface area contributed by atoms with Crippen LogP contribution in [0.15, 0.2) is 0 Å². The summed E-state index contributed by atoms with van der Waals surface area (Å²) in [5.74, 6) is 0. The van der Waals surface area contributed by atoms with Gasteiger partial charge in [-0.15, -0.1) is 0 Å². The second-order valence-electron chi connectivity index (χ2n) is 7.32. The molecule has 1 N–H and O–H groups in total. The zero-order chi connectivity index (χ0) is 14.3. The molecule has 2 saturated heterocycles. The van der Waals surface area contributed by atoms with Gasteiger partial charge in [-0.05, 0) is 18.1 Å². The predicted octanol–water partition coefficient (Wildman–Crippen LogP) is 2.32. The third kappa shape index (κ3) is 3.39. The quantitative estimate of drug-likeness (QED) is 0.807. The van der Waals surface area contributed by atoms with E-state index in [1.54, 1.807) is 0 Å². The topological polar surface area (TPSA) is 47.9 Å². The molecule has 2 heterocycles. The number of hydrogen-bond acceptors (Lipinski definition) is 4. The van der Waals surface area contributed by atoms with E-state index >= 15 is 0 Å². The molecule has 0 saturated carbocycles. The lowest BCUT2D eigenvalue weighted by molar-refractivity contribution is 0.00956. The number of ether oxygens (including phenoxy) is 2. The molecule has 112 valence electrons. The molecular formula is C14H28O4Si. The highest BCUT2D eigenvalue weighted by Gasteiger charge is 2.45. The molecule has 0 spiro atoms. The Hall–Kier alpha value is 0.0569. The van der Waals surface area contributed by atoms with Crippen molar-refractivity contribution in [3.05, 3.63) is 0 Å². The molecule has 2 aliphatic heterocycles. The van der Waals surface area contributed by atoms with Crippen molar-refractivity contribution < 1.29 is 19.0 Å². The Morgan fingerprint density at radius 2 is 1.63 bits per heavy atom. The fourth-order valence-corrected chi connectivity index (χ4v) is 3.49. The Kier molecular flexibility index (Phi) is 4.43. The second-order valence-corrected chi connectivity index (χ2v) is 12.1. The molecule has 4 nitrogen and oxygen atoms in total. The highest BCUT2D eigenvalue weighted by atomic mass is 28.4. The van der Waals surface area contributed by atoms with E-state index in [1.807, 2.05) is 0 Å². The van der Waals surface area contributed by atoms with Crippen molar-refractivity contribution in [3.63, 3.8) is 0 Å². The number of rotatable bonds is 4. The first-order chi connectivity index (χ1) is 8.73. The summed E-state index contributed by atoms with van der Waals surface area (Å²) >= 11 is 0. The van der Waals surface area contributed by atoms with Gasteiger partial charge in [-0.1, -0.05) is 20.8 Å². The third-order valence-electron chi connectivity index (χ3n) is 4.78. The zero-order valence-electron chi connectivity index (χ0n) is 12.8. The highest BCUT2D eigenvalue weighted by molar-refractivity contribution is 6.74. The Labute approximate surface area is 117 Å². The van der Waals surface area contributed by atoms with Gasteiger partial charge in [0, 0.05) is 12.8 Å². The van der Waals surface area contributed by atoms with Crippen LogP contribution in [0, 0.1) is 0 Å². The van der Waals surface area contributed by atoms with E-state index < -0.39 is 8.32 Å². The van der Waals surface area contributed by atoms with Crippen LogP contribution in [0.1, 0.15) is 33.6 Å². The fraction of sp³-hybridized carbons (Fsp3) is 1.00. The van der Waals surface area contributed by atoms with Crippen molar-refractivity contribution in [2.45, 2.75) is 76.2 Å². The summed E-state index contributed by atoms with van der Waals surface area (Å²) in [5, 5.41) is 9.32. The van der Waals surface area contributed by atoms with Gasteiger partial charge in [0.2, 0.25) is 0 Å². The van der Waals surface area contributed by atoms with Gasteiger partial charge >= 0.3 is 0 Å². The third-order valence-corrected chi connectivity index (χ3v) is 9.28. The number of fused-ring (bicyclic) bond motifs is 1. The highest BCUT2D eigenvalue weighted by Crippen LogP contribution is 2.38. The van der Waals surface area contributed by atoms with E-state index in [0.717, 1.165) is 12.8 Å². The van der Waals surface area contributed by atoms with Crippen LogP contribution in [0.3, 0.4) is 0 Å². The largest absolute Gasteiger partial charge is 0.414 e. The predicted molar refractivity (Wildman–Crippen MR) is 76.8 cm³/mol. The molecule has 4 atom stereocenters. The van der Waals surface area contributed by atoms with Crippen molar-refractivity contribution in [3.8, 4) is 0 Å². The van der Waals surface area contributed by atoms with Crippen molar-refractivity contribution in [2.75, 3.05) is 13.2 Å². The van der Waals surface area contributed by atoms with Crippen LogP contribution in [-0.4, -0.2) is 51.1 Å². The van der Waals surface area contributed by atoms with E-state index in [2.05, 4.69) is 33.9 Å². The van der Waals surface area contributed by atoms with E-state index in [1.165, 1.54) is 0 Å². The molecular weight excluding hydrogens is 260 g/mol. The van der Waals surface area contributed by atoms with Crippen molar-refractivity contribution in [1.29, 1.82) is 0 Å². The van der Waals surface area contributed by atoms with Crippen LogP contribution in [-0.2, 0) is 13.9 Å². The van der Waals surface area contributed by atoms with Crippen LogP contribution in [0.25, 0.3) is 0 Å². The first kappa shape index (κ1) is 15.4. The van der Waals surface area contributed by atoms with Gasteiger partial charge < -0.3 is 19.0 Å². The number of hydrogen-bond donors (Lipinski definition) is 1. The van der Waals surface area contributed by atoms with E-state index in [9.17, 15) is 0 Å². The van der Waals surface area contributed by atoms with Gasteiger partial charge in [0.05, 0.1) is 37.6 Å². The van der Waals surface area contributed by atoms with Gasteiger partial charge in [-0.25, -0.2) is 0 Å². The number of aliphatic hydroxyl groups excluding tert-OH is 1. The molecule has 2 fully saturated rings. The van der Waals surface area contributed by atoms with Crippen LogP contribution < -0.4 is 0 Å². The zero-order valence-corrected chi connectivity index (χ0v) is 13.8. The lowest BCUT2D eigenvalue weighted by atomic mass is 10.1. The normalized spacial score (nSPS) is 35.7. The minimum atomic E-state index is -1.69. The summed E-state index contributed by atoms with van der Waals surface area (Å²) in [7, 11) is -1.69. The molecule has 19 heavy (non-hydrogen) atoms. The molecule has 0 bridgehead atoms. The molecule has 0 unspecified atom stereocenters. The van der Waals surface area contributed by atoms with Crippen LogP contribution in [0.5, 0.6) is 0 Å². The van der Waals surface area contributed by atoms with Crippen LogP contribution in [0.4, 0.5) is 0 Å². The Bertz CT molecular complexity index is 299. The summed E-state index contributed by atoms with van der Waals surface area (Å²) in [4.78, 5) is 0. The van der Waals surface area contributed by atoms with Gasteiger partial charge in [-0.2, -0.15) is 0 Å². The van der Waals surface area contributed by atoms with Gasteiger partial charge in [-0.3, -0.25) is 0 Å². The van der Waals surface area contributed by atoms with Crippen molar-refractivity contribution in [1.82, 2.24) is 0 Å². The van der Waals surface area contributed by atoms with E-state index in [0.29, 0.717) is 6.61 Å². The van der Waals surface area contributed by atoms with Crippen LogP contribution in [0.2, 0.25) is 18.1 Å². The summed E-state index contributed by atoms with van der Waals surface area (Å²) in [6.45, 7) is 12.1. The number of aliphatic hydroxyl groups is 1. The minimum absolute atomic E-state index is 0.0303. The summed E-state index contributed by atoms with van der Waals surface area (Å²) < 4.78 is 17.9. The van der Waals surface area contributed by atoms with Crippen molar-refractivity contribution in [2.24, 2.45) is 0 Å². The monoisotopic (exact) mass is 288 g/mol. The average molecular weight is 288 g/mol. The maximum absolute atomic E-state index is 9.09. The first-order valence-electron chi connectivity index (χ1n) is 7.28. The summed E-state index contributed by atoms with van der Waals surface area (Å²) in [6, 6.07) is 0. The first-order valence-corrected chi connectivity index (χ1v) is 10.2.